The van der Waals surface area contributed by atoms with Gasteiger partial charge < -0.3 is 10.1 Å². The number of ether oxygens (including phenoxy) is 1. The number of aryl methyl sites for hydroxylation is 1. The van der Waals surface area contributed by atoms with Gasteiger partial charge >= 0.3 is 0 Å². The fourth-order valence-corrected chi connectivity index (χ4v) is 3.34. The molecule has 0 amide bonds. The lowest BCUT2D eigenvalue weighted by Crippen LogP contribution is -2.31. The maximum absolute atomic E-state index is 5.63. The smallest absolute Gasteiger partial charge is 0.126 e. The Morgan fingerprint density at radius 1 is 1.44 bits per heavy atom. The monoisotopic (exact) mass is 311 g/mol. The van der Waals surface area contributed by atoms with E-state index in [-0.39, 0.29) is 0 Å². The number of piperidine rings is 1. The third-order valence-electron chi connectivity index (χ3n) is 3.89. The molecule has 3 heteroatoms. The van der Waals surface area contributed by atoms with Gasteiger partial charge in [0.15, 0.2) is 0 Å². The highest BCUT2D eigenvalue weighted by Crippen LogP contribution is 2.34. The summed E-state index contributed by atoms with van der Waals surface area (Å²) in [6.07, 6.45) is 3.74. The van der Waals surface area contributed by atoms with Crippen LogP contribution in [0.5, 0.6) is 5.75 Å². The highest BCUT2D eigenvalue weighted by atomic mass is 79.9. The number of rotatable bonds is 3. The molecular formula is C15H22BrNO. The lowest BCUT2D eigenvalue weighted by molar-refractivity contribution is 0.362. The van der Waals surface area contributed by atoms with Crippen molar-refractivity contribution >= 4 is 15.9 Å². The molecule has 2 nitrogen and oxygen atoms in total. The second kappa shape index (κ2) is 6.07. The maximum Gasteiger partial charge on any atom is 0.126 e. The molecule has 1 aliphatic rings. The topological polar surface area (TPSA) is 21.3 Å². The molecule has 100 valence electrons. The Morgan fingerprint density at radius 2 is 2.22 bits per heavy atom. The molecule has 1 atom stereocenters. The highest BCUT2D eigenvalue weighted by Gasteiger charge is 2.19. The zero-order valence-corrected chi connectivity index (χ0v) is 13.1. The summed E-state index contributed by atoms with van der Waals surface area (Å²) in [6, 6.07) is 2.21. The first-order valence-electron chi connectivity index (χ1n) is 6.66. The molecule has 18 heavy (non-hydrogen) atoms. The van der Waals surface area contributed by atoms with Crippen LogP contribution in [-0.2, 0) is 6.42 Å². The van der Waals surface area contributed by atoms with Gasteiger partial charge in [-0.1, -0.05) is 15.9 Å². The van der Waals surface area contributed by atoms with Crippen LogP contribution in [0, 0.1) is 19.8 Å². The third-order valence-corrected chi connectivity index (χ3v) is 4.71. The van der Waals surface area contributed by atoms with Crippen LogP contribution in [0.1, 0.15) is 29.5 Å². The van der Waals surface area contributed by atoms with Crippen molar-refractivity contribution < 1.29 is 4.74 Å². The Morgan fingerprint density at radius 3 is 2.83 bits per heavy atom. The minimum atomic E-state index is 0.743. The van der Waals surface area contributed by atoms with Gasteiger partial charge in [0.1, 0.15) is 5.75 Å². The summed E-state index contributed by atoms with van der Waals surface area (Å²) >= 11 is 3.60. The maximum atomic E-state index is 5.63. The van der Waals surface area contributed by atoms with E-state index in [4.69, 9.17) is 4.74 Å². The van der Waals surface area contributed by atoms with Crippen LogP contribution >= 0.6 is 15.9 Å². The number of methoxy groups -OCH3 is 1. The molecule has 0 bridgehead atoms. The van der Waals surface area contributed by atoms with Crippen molar-refractivity contribution in [2.75, 3.05) is 20.2 Å². The molecule has 1 aromatic rings. The molecule has 0 aromatic heterocycles. The number of halogens is 1. The summed E-state index contributed by atoms with van der Waals surface area (Å²) < 4.78 is 6.77. The third kappa shape index (κ3) is 2.89. The Balaban J connectivity index is 2.28. The summed E-state index contributed by atoms with van der Waals surface area (Å²) in [7, 11) is 1.77. The first-order valence-corrected chi connectivity index (χ1v) is 7.46. The number of nitrogens with one attached hydrogen (secondary N) is 1. The molecule has 1 heterocycles. The number of hydrogen-bond donors (Lipinski definition) is 1. The molecule has 1 saturated heterocycles. The van der Waals surface area contributed by atoms with E-state index >= 15 is 0 Å². The van der Waals surface area contributed by atoms with Crippen LogP contribution in [0.3, 0.4) is 0 Å². The van der Waals surface area contributed by atoms with Crippen LogP contribution in [0.25, 0.3) is 0 Å². The molecule has 1 fully saturated rings. The van der Waals surface area contributed by atoms with Gasteiger partial charge in [0.2, 0.25) is 0 Å². The van der Waals surface area contributed by atoms with E-state index in [0.717, 1.165) is 29.1 Å². The van der Waals surface area contributed by atoms with Crippen molar-refractivity contribution in [2.45, 2.75) is 33.1 Å². The molecule has 1 aromatic carbocycles. The predicted molar refractivity (Wildman–Crippen MR) is 79.5 cm³/mol. The minimum absolute atomic E-state index is 0.743. The zero-order chi connectivity index (χ0) is 13.1. The van der Waals surface area contributed by atoms with E-state index in [9.17, 15) is 0 Å². The van der Waals surface area contributed by atoms with E-state index in [1.807, 2.05) is 0 Å². The summed E-state index contributed by atoms with van der Waals surface area (Å²) in [4.78, 5) is 0. The summed E-state index contributed by atoms with van der Waals surface area (Å²) in [5.41, 5.74) is 3.92. The first kappa shape index (κ1) is 13.9. The molecule has 0 spiro atoms. The Hall–Kier alpha value is -0.540. The average molecular weight is 312 g/mol. The molecule has 0 radical (unpaired) electrons. The van der Waals surface area contributed by atoms with Gasteiger partial charge in [-0.25, -0.2) is 0 Å². The van der Waals surface area contributed by atoms with Crippen molar-refractivity contribution in [1.82, 2.24) is 5.32 Å². The van der Waals surface area contributed by atoms with Crippen molar-refractivity contribution in [1.29, 1.82) is 0 Å². The Labute approximate surface area is 118 Å². The zero-order valence-electron chi connectivity index (χ0n) is 11.5. The Bertz CT molecular complexity index is 425. The van der Waals surface area contributed by atoms with E-state index in [0.29, 0.717) is 0 Å². The minimum Gasteiger partial charge on any atom is -0.496 e. The molecular weight excluding hydrogens is 290 g/mol. The lowest BCUT2D eigenvalue weighted by Gasteiger charge is -2.25. The SMILES string of the molecule is COc1c(C)c(Br)cc(C)c1CC1CCCNC1. The van der Waals surface area contributed by atoms with E-state index in [1.165, 1.54) is 36.1 Å². The van der Waals surface area contributed by atoms with Gasteiger partial charge in [0, 0.05) is 10.0 Å². The van der Waals surface area contributed by atoms with Gasteiger partial charge in [0.05, 0.1) is 7.11 Å². The van der Waals surface area contributed by atoms with Gasteiger partial charge in [0.25, 0.3) is 0 Å². The molecule has 1 N–H and O–H groups in total. The van der Waals surface area contributed by atoms with Gasteiger partial charge in [-0.15, -0.1) is 0 Å². The second-order valence-electron chi connectivity index (χ2n) is 5.23. The van der Waals surface area contributed by atoms with Gasteiger partial charge in [-0.2, -0.15) is 0 Å². The molecule has 1 unspecified atom stereocenters. The number of hydrogen-bond acceptors (Lipinski definition) is 2. The molecule has 0 saturated carbocycles. The van der Waals surface area contributed by atoms with E-state index < -0.39 is 0 Å². The van der Waals surface area contributed by atoms with E-state index in [2.05, 4.69) is 41.2 Å². The van der Waals surface area contributed by atoms with Crippen LogP contribution in [0.15, 0.2) is 10.5 Å². The average Bonchev–Trinajstić information content (AvgIpc) is 2.37. The Kier molecular flexibility index (Phi) is 4.68. The summed E-state index contributed by atoms with van der Waals surface area (Å²) in [5, 5.41) is 3.49. The summed E-state index contributed by atoms with van der Waals surface area (Å²) in [5.74, 6) is 1.80. The highest BCUT2D eigenvalue weighted by molar-refractivity contribution is 9.10. The number of benzene rings is 1. The quantitative estimate of drug-likeness (QED) is 0.920. The van der Waals surface area contributed by atoms with Crippen LogP contribution in [0.2, 0.25) is 0 Å². The fraction of sp³-hybridized carbons (Fsp3) is 0.600. The van der Waals surface area contributed by atoms with Crippen molar-refractivity contribution in [3.8, 4) is 5.75 Å². The van der Waals surface area contributed by atoms with Gasteiger partial charge in [-0.3, -0.25) is 0 Å². The normalized spacial score (nSPS) is 19.9. The standard InChI is InChI=1S/C15H22BrNO/c1-10-7-14(16)11(2)15(18-3)13(10)8-12-5-4-6-17-9-12/h7,12,17H,4-6,8-9H2,1-3H3. The molecule has 1 aliphatic heterocycles. The second-order valence-corrected chi connectivity index (χ2v) is 6.08. The van der Waals surface area contributed by atoms with Crippen molar-refractivity contribution in [3.05, 3.63) is 27.2 Å². The van der Waals surface area contributed by atoms with E-state index in [1.54, 1.807) is 7.11 Å². The predicted octanol–water partition coefficient (Wildman–Crippen LogP) is 3.62. The molecule has 2 rings (SSSR count). The lowest BCUT2D eigenvalue weighted by atomic mass is 9.89. The fourth-order valence-electron chi connectivity index (χ4n) is 2.82. The largest absolute Gasteiger partial charge is 0.496 e. The molecule has 0 aliphatic carbocycles. The van der Waals surface area contributed by atoms with Crippen LogP contribution in [0.4, 0.5) is 0 Å². The van der Waals surface area contributed by atoms with Crippen molar-refractivity contribution in [3.63, 3.8) is 0 Å². The first-order chi connectivity index (χ1) is 8.63. The van der Waals surface area contributed by atoms with Crippen LogP contribution < -0.4 is 10.1 Å². The van der Waals surface area contributed by atoms with Crippen LogP contribution in [-0.4, -0.2) is 20.2 Å². The van der Waals surface area contributed by atoms with Gasteiger partial charge in [-0.05, 0) is 69.3 Å². The van der Waals surface area contributed by atoms with Crippen molar-refractivity contribution in [2.24, 2.45) is 5.92 Å². The summed E-state index contributed by atoms with van der Waals surface area (Å²) in [6.45, 7) is 6.60.